The summed E-state index contributed by atoms with van der Waals surface area (Å²) in [6, 6.07) is 1.50. The normalized spacial score (nSPS) is 17.2. The number of nitrogens with one attached hydrogen (secondary N) is 1. The topological polar surface area (TPSA) is 106 Å². The number of hydrogen-bond donors (Lipinski definition) is 3. The van der Waals surface area contributed by atoms with Crippen LogP contribution >= 0.6 is 0 Å². The molecule has 1 heterocycles. The van der Waals surface area contributed by atoms with Crippen molar-refractivity contribution in [2.45, 2.75) is 25.2 Å². The summed E-state index contributed by atoms with van der Waals surface area (Å²) in [5.41, 5.74) is 5.25. The molecule has 0 aliphatic heterocycles. The fraction of sp³-hybridized carbons (Fsp3) is 0.500. The second-order valence-electron chi connectivity index (χ2n) is 3.51. The second-order valence-corrected chi connectivity index (χ2v) is 3.51. The Morgan fingerprint density at radius 3 is 2.94 bits per heavy atom. The minimum atomic E-state index is -2.47. The van der Waals surface area contributed by atoms with Crippen LogP contribution in [0.4, 0.5) is 0 Å². The fourth-order valence-electron chi connectivity index (χ4n) is 1.09. The first kappa shape index (κ1) is 9.29. The summed E-state index contributed by atoms with van der Waals surface area (Å²) >= 11 is 0. The highest BCUT2D eigenvalue weighted by Gasteiger charge is 2.10. The van der Waals surface area contributed by atoms with Crippen LogP contribution in [-0.4, -0.2) is 36.0 Å². The number of carbonyl (C=O) groups is 2. The number of hydrogen-bond acceptors (Lipinski definition) is 5. The highest BCUT2D eigenvalue weighted by molar-refractivity contribution is 5.94. The summed E-state index contributed by atoms with van der Waals surface area (Å²) in [5, 5.41) is 11.2. The molecule has 0 aliphatic rings. The van der Waals surface area contributed by atoms with E-state index in [-0.39, 0.29) is 12.3 Å². The first-order valence-electron chi connectivity index (χ1n) is 7.33. The highest BCUT2D eigenvalue weighted by Crippen LogP contribution is 2.01. The van der Waals surface area contributed by atoms with Crippen LogP contribution in [-0.2, 0) is 4.79 Å². The molecule has 0 aliphatic carbocycles. The van der Waals surface area contributed by atoms with Gasteiger partial charge < -0.3 is 20.6 Å². The molecule has 1 aromatic heterocycles. The van der Waals surface area contributed by atoms with Gasteiger partial charge in [0.15, 0.2) is 5.76 Å². The van der Waals surface area contributed by atoms with Gasteiger partial charge in [-0.15, -0.1) is 0 Å². The molecule has 1 aromatic rings. The van der Waals surface area contributed by atoms with Gasteiger partial charge in [0.2, 0.25) is 5.78 Å². The van der Waals surface area contributed by atoms with Crippen LogP contribution in [0.5, 0.6) is 0 Å². The monoisotopic (exact) mass is 258 g/mol. The Labute approximate surface area is 111 Å². The Balaban J connectivity index is 2.54. The van der Waals surface area contributed by atoms with E-state index in [1.54, 1.807) is 6.07 Å². The Bertz CT molecular complexity index is 519. The number of rotatable bonds is 9. The third kappa shape index (κ3) is 5.11. The van der Waals surface area contributed by atoms with Crippen molar-refractivity contribution in [2.24, 2.45) is 5.73 Å². The van der Waals surface area contributed by atoms with Gasteiger partial charge in [0.25, 0.3) is 0 Å². The van der Waals surface area contributed by atoms with E-state index in [2.05, 4.69) is 5.32 Å². The van der Waals surface area contributed by atoms with E-state index in [4.69, 9.17) is 20.7 Å². The van der Waals surface area contributed by atoms with E-state index in [0.29, 0.717) is 0 Å². The molecule has 100 valence electrons. The Morgan fingerprint density at radius 1 is 1.56 bits per heavy atom. The van der Waals surface area contributed by atoms with Crippen molar-refractivity contribution in [1.82, 2.24) is 5.32 Å². The number of ketones is 1. The number of furan rings is 1. The zero-order valence-corrected chi connectivity index (χ0v) is 9.68. The third-order valence-corrected chi connectivity index (χ3v) is 2.06. The lowest BCUT2D eigenvalue weighted by molar-refractivity contribution is -0.138. The first-order chi connectivity index (χ1) is 10.1. The van der Waals surface area contributed by atoms with Crippen LogP contribution in [0.25, 0.3) is 0 Å². The van der Waals surface area contributed by atoms with Crippen LogP contribution < -0.4 is 11.1 Å². The molecule has 6 heteroatoms. The molecule has 0 unspecified atom stereocenters. The molecule has 1 rings (SSSR count). The van der Waals surface area contributed by atoms with Crippen LogP contribution in [0.2, 0.25) is 0 Å². The lowest BCUT2D eigenvalue weighted by atomic mass is 10.1. The minimum absolute atomic E-state index is 0.115. The molecule has 0 spiro atoms. The Morgan fingerprint density at radius 2 is 2.33 bits per heavy atom. The average molecular weight is 258 g/mol. The summed E-state index contributed by atoms with van der Waals surface area (Å²) in [5.74, 6) is -1.69. The van der Waals surface area contributed by atoms with E-state index in [1.165, 1.54) is 12.3 Å². The number of Topliss-reactive ketones (excluding diaryl/α,β-unsaturated/α-hetero) is 1. The van der Waals surface area contributed by atoms with Crippen LogP contribution in [0.3, 0.4) is 0 Å². The maximum Gasteiger partial charge on any atom is 0.320 e. The molecular weight excluding hydrogens is 236 g/mol. The highest BCUT2D eigenvalue weighted by atomic mass is 16.4. The van der Waals surface area contributed by atoms with Crippen LogP contribution in [0.1, 0.15) is 35.2 Å². The van der Waals surface area contributed by atoms with E-state index < -0.39 is 43.5 Å². The molecule has 0 amide bonds. The predicted octanol–water partition coefficient (Wildman–Crippen LogP) is 0.634. The van der Waals surface area contributed by atoms with Gasteiger partial charge in [-0.3, -0.25) is 9.59 Å². The summed E-state index contributed by atoms with van der Waals surface area (Å²) in [6.07, 6.45) is -4.21. The molecule has 0 fully saturated rings. The number of carbonyl (C=O) groups excluding carboxylic acids is 1. The molecule has 1 atom stereocenters. The van der Waals surface area contributed by atoms with E-state index >= 15 is 0 Å². The first-order valence-corrected chi connectivity index (χ1v) is 5.33. The van der Waals surface area contributed by atoms with Crippen molar-refractivity contribution < 1.29 is 24.6 Å². The zero-order valence-electron chi connectivity index (χ0n) is 13.7. The lowest BCUT2D eigenvalue weighted by Crippen LogP contribution is -2.30. The molecule has 0 bridgehead atoms. The van der Waals surface area contributed by atoms with E-state index in [0.717, 1.165) is 0 Å². The van der Waals surface area contributed by atoms with Gasteiger partial charge in [-0.25, -0.2) is 0 Å². The quantitative estimate of drug-likeness (QED) is 0.561. The van der Waals surface area contributed by atoms with Gasteiger partial charge in [0, 0.05) is 5.48 Å². The number of nitrogens with two attached hydrogens (primary N) is 1. The summed E-state index contributed by atoms with van der Waals surface area (Å²) < 4.78 is 35.7. The van der Waals surface area contributed by atoms with Crippen molar-refractivity contribution in [3.63, 3.8) is 0 Å². The molecule has 0 aromatic carbocycles. The van der Waals surface area contributed by atoms with Crippen molar-refractivity contribution in [3.05, 3.63) is 24.2 Å². The number of aliphatic carboxylic acids is 1. The summed E-state index contributed by atoms with van der Waals surface area (Å²) in [4.78, 5) is 22.3. The summed E-state index contributed by atoms with van der Waals surface area (Å²) in [6.45, 7) is -0.702. The molecule has 0 saturated carbocycles. The van der Waals surface area contributed by atoms with E-state index in [1.807, 2.05) is 0 Å². The Hall–Kier alpha value is -1.66. The van der Waals surface area contributed by atoms with Crippen molar-refractivity contribution in [2.75, 3.05) is 13.1 Å². The average Bonchev–Trinajstić information content (AvgIpc) is 2.91. The van der Waals surface area contributed by atoms with Gasteiger partial charge in [-0.1, -0.05) is 6.37 Å². The number of carboxylic acid groups (broad SMARTS) is 1. The lowest BCUT2D eigenvalue weighted by Gasteiger charge is -2.06. The molecule has 0 saturated heterocycles. The molecule has 18 heavy (non-hydrogen) atoms. The van der Waals surface area contributed by atoms with Gasteiger partial charge in [0.05, 0.1) is 12.8 Å². The van der Waals surface area contributed by atoms with Crippen molar-refractivity contribution in [3.8, 4) is 0 Å². The van der Waals surface area contributed by atoms with Crippen LogP contribution in [0, 0.1) is 0 Å². The maximum absolute atomic E-state index is 11.6. The molecular formula is C12H18N2O4. The second kappa shape index (κ2) is 7.62. The third-order valence-electron chi connectivity index (χ3n) is 2.06. The van der Waals surface area contributed by atoms with Crippen LogP contribution in [0.15, 0.2) is 22.8 Å². The van der Waals surface area contributed by atoms with Crippen molar-refractivity contribution >= 4 is 11.8 Å². The SMILES string of the molecule is [2H]C([2H])(CNCC(=O)c1ccco1)C([2H])([2H])C[C@H](N)C(=O)O. The predicted molar refractivity (Wildman–Crippen MR) is 65.4 cm³/mol. The number of carboxylic acids is 1. The van der Waals surface area contributed by atoms with E-state index in [9.17, 15) is 9.59 Å². The summed E-state index contributed by atoms with van der Waals surface area (Å²) in [7, 11) is 0. The van der Waals surface area contributed by atoms with Gasteiger partial charge >= 0.3 is 5.97 Å². The van der Waals surface area contributed by atoms with Gasteiger partial charge in [-0.2, -0.15) is 0 Å². The van der Waals surface area contributed by atoms with Gasteiger partial charge in [0.1, 0.15) is 6.04 Å². The maximum atomic E-state index is 11.6. The standard InChI is InChI=1S/C12H18N2O4/c13-9(12(16)17)4-1-2-6-14-8-10(15)11-5-3-7-18-11/h3,5,7,9,14H,1-2,4,6,8,13H2,(H,16,17)/t9-/m0/s1/i1D2,2D2. The Kier molecular flexibility index (Phi) is 3.94. The molecule has 0 radical (unpaired) electrons. The minimum Gasteiger partial charge on any atom is -0.480 e. The molecule has 6 nitrogen and oxygen atoms in total. The zero-order chi connectivity index (χ0) is 17.0. The van der Waals surface area contributed by atoms with Crippen molar-refractivity contribution in [1.29, 1.82) is 0 Å². The smallest absolute Gasteiger partial charge is 0.320 e. The largest absolute Gasteiger partial charge is 0.480 e. The van der Waals surface area contributed by atoms with Gasteiger partial charge in [-0.05, 0) is 31.5 Å². The fourth-order valence-corrected chi connectivity index (χ4v) is 1.09. The molecule has 4 N–H and O–H groups in total.